The van der Waals surface area contributed by atoms with Crippen LogP contribution >= 0.6 is 11.6 Å². The number of amides is 1. The third kappa shape index (κ3) is 3.84. The molecule has 0 aliphatic carbocycles. The number of rotatable bonds is 4. The Morgan fingerprint density at radius 1 is 1.25 bits per heavy atom. The minimum Gasteiger partial charge on any atom is -0.377 e. The molecule has 10 heteroatoms. The molecule has 148 valence electrons. The fourth-order valence-electron chi connectivity index (χ4n) is 3.11. The first kappa shape index (κ1) is 19.8. The van der Waals surface area contributed by atoms with E-state index in [1.54, 1.807) is 4.90 Å². The topological polar surface area (TPSA) is 110 Å². The van der Waals surface area contributed by atoms with Crippen molar-refractivity contribution in [1.82, 2.24) is 14.7 Å². The van der Waals surface area contributed by atoms with Crippen LogP contribution in [0.2, 0.25) is 5.02 Å². The molecule has 0 radical (unpaired) electrons. The maximum Gasteiger partial charge on any atom is 0.292 e. The summed E-state index contributed by atoms with van der Waals surface area (Å²) in [6.45, 7) is 6.40. The highest BCUT2D eigenvalue weighted by Gasteiger charge is 2.36. The van der Waals surface area contributed by atoms with Gasteiger partial charge < -0.3 is 10.2 Å². The lowest BCUT2D eigenvalue weighted by Crippen LogP contribution is -2.43. The van der Waals surface area contributed by atoms with E-state index in [1.807, 2.05) is 20.8 Å². The Bertz CT molecular complexity index is 981. The second-order valence-electron chi connectivity index (χ2n) is 7.58. The molecule has 1 fully saturated rings. The highest BCUT2D eigenvalue weighted by molar-refractivity contribution is 6.33. The fourth-order valence-corrected chi connectivity index (χ4v) is 3.29. The molecule has 1 aromatic heterocycles. The quantitative estimate of drug-likeness (QED) is 0.618. The largest absolute Gasteiger partial charge is 0.377 e. The Hall–Kier alpha value is -2.94. The summed E-state index contributed by atoms with van der Waals surface area (Å²) in [5.74, 6) is 0.0355. The first-order valence-electron chi connectivity index (χ1n) is 8.67. The van der Waals surface area contributed by atoms with Gasteiger partial charge in [0.2, 0.25) is 5.91 Å². The summed E-state index contributed by atoms with van der Waals surface area (Å²) in [5.41, 5.74) is -0.222. The van der Waals surface area contributed by atoms with E-state index in [2.05, 4.69) is 10.4 Å². The Labute approximate surface area is 166 Å². The molecule has 2 aromatic rings. The van der Waals surface area contributed by atoms with Gasteiger partial charge in [0.25, 0.3) is 11.2 Å². The second kappa shape index (κ2) is 7.23. The lowest BCUT2D eigenvalue weighted by Gasteiger charge is -2.32. The van der Waals surface area contributed by atoms with Gasteiger partial charge in [0.05, 0.1) is 28.5 Å². The molecule has 1 amide bonds. The number of benzene rings is 1. The van der Waals surface area contributed by atoms with Crippen LogP contribution < -0.4 is 10.9 Å². The highest BCUT2D eigenvalue weighted by atomic mass is 35.5. The summed E-state index contributed by atoms with van der Waals surface area (Å²) in [7, 11) is 0. The number of likely N-dealkylation sites (tertiary alicyclic amines) is 1. The number of hydrogen-bond acceptors (Lipinski definition) is 6. The summed E-state index contributed by atoms with van der Waals surface area (Å²) >= 11 is 6.23. The van der Waals surface area contributed by atoms with Gasteiger partial charge in [0, 0.05) is 30.6 Å². The van der Waals surface area contributed by atoms with E-state index < -0.39 is 10.5 Å². The number of non-ortho nitro benzene ring substituents is 1. The van der Waals surface area contributed by atoms with Crippen molar-refractivity contribution in [3.05, 3.63) is 56.0 Å². The summed E-state index contributed by atoms with van der Waals surface area (Å²) < 4.78 is 1.07. The van der Waals surface area contributed by atoms with E-state index >= 15 is 0 Å². The monoisotopic (exact) mass is 405 g/mol. The van der Waals surface area contributed by atoms with Crippen molar-refractivity contribution >= 4 is 28.9 Å². The fraction of sp³-hybridized carbons (Fsp3) is 0.389. The SMILES string of the molecule is CC(C)(C)N1CC(Nc2cnn(-c3ccc([N+](=O)[O-])cc3)c(=O)c2Cl)CC1=O. The van der Waals surface area contributed by atoms with E-state index in [4.69, 9.17) is 11.6 Å². The van der Waals surface area contributed by atoms with Crippen molar-refractivity contribution in [2.24, 2.45) is 0 Å². The van der Waals surface area contributed by atoms with Crippen molar-refractivity contribution in [2.45, 2.75) is 38.8 Å². The van der Waals surface area contributed by atoms with Gasteiger partial charge in [-0.2, -0.15) is 9.78 Å². The molecular weight excluding hydrogens is 386 g/mol. The van der Waals surface area contributed by atoms with E-state index in [-0.39, 0.29) is 28.2 Å². The average molecular weight is 406 g/mol. The van der Waals surface area contributed by atoms with Crippen molar-refractivity contribution in [1.29, 1.82) is 0 Å². The van der Waals surface area contributed by atoms with Crippen molar-refractivity contribution < 1.29 is 9.72 Å². The molecule has 1 unspecified atom stereocenters. The molecule has 1 saturated heterocycles. The lowest BCUT2D eigenvalue weighted by atomic mass is 10.1. The number of nitrogens with one attached hydrogen (secondary N) is 1. The van der Waals surface area contributed by atoms with Gasteiger partial charge in [-0.1, -0.05) is 11.6 Å². The van der Waals surface area contributed by atoms with Crippen LogP contribution in [0.1, 0.15) is 27.2 Å². The van der Waals surface area contributed by atoms with Crippen LogP contribution in [0.25, 0.3) is 5.69 Å². The zero-order valence-electron chi connectivity index (χ0n) is 15.7. The number of halogens is 1. The third-order valence-electron chi connectivity index (χ3n) is 4.52. The number of anilines is 1. The lowest BCUT2D eigenvalue weighted by molar-refractivity contribution is -0.384. The molecule has 0 saturated carbocycles. The molecule has 0 bridgehead atoms. The maximum atomic E-state index is 12.6. The first-order valence-corrected chi connectivity index (χ1v) is 9.05. The zero-order chi connectivity index (χ0) is 20.6. The number of nitrogens with zero attached hydrogens (tertiary/aromatic N) is 4. The van der Waals surface area contributed by atoms with Gasteiger partial charge in [-0.25, -0.2) is 0 Å². The van der Waals surface area contributed by atoms with E-state index in [9.17, 15) is 19.7 Å². The van der Waals surface area contributed by atoms with Gasteiger partial charge in [-0.15, -0.1) is 0 Å². The van der Waals surface area contributed by atoms with Crippen LogP contribution in [0.15, 0.2) is 35.3 Å². The number of carbonyl (C=O) groups is 1. The molecule has 1 aliphatic heterocycles. The molecule has 0 spiro atoms. The third-order valence-corrected chi connectivity index (χ3v) is 4.88. The zero-order valence-corrected chi connectivity index (χ0v) is 16.4. The van der Waals surface area contributed by atoms with Gasteiger partial charge in [-0.05, 0) is 32.9 Å². The Kier molecular flexibility index (Phi) is 5.12. The average Bonchev–Trinajstić information content (AvgIpc) is 3.00. The smallest absolute Gasteiger partial charge is 0.292 e. The number of nitro groups is 1. The molecule has 28 heavy (non-hydrogen) atoms. The maximum absolute atomic E-state index is 12.6. The minimum atomic E-state index is -0.558. The van der Waals surface area contributed by atoms with Crippen LogP contribution in [0.3, 0.4) is 0 Å². The summed E-state index contributed by atoms with van der Waals surface area (Å²) in [6.07, 6.45) is 1.72. The molecule has 1 aromatic carbocycles. The molecule has 1 N–H and O–H groups in total. The number of carbonyl (C=O) groups excluding carboxylic acids is 1. The highest BCUT2D eigenvalue weighted by Crippen LogP contribution is 2.26. The van der Waals surface area contributed by atoms with Crippen LogP contribution in [0.4, 0.5) is 11.4 Å². The van der Waals surface area contributed by atoms with Crippen molar-refractivity contribution in [3.63, 3.8) is 0 Å². The predicted octanol–water partition coefficient (Wildman–Crippen LogP) is 2.61. The van der Waals surface area contributed by atoms with E-state index in [0.29, 0.717) is 24.3 Å². The standard InChI is InChI=1S/C18H20ClN5O4/c1-18(2,3)22-10-11(8-15(22)25)21-14-9-20-23(17(26)16(14)19)12-4-6-13(7-5-12)24(27)28/h4-7,9,11,21H,8,10H2,1-3H3. The molecule has 1 aliphatic rings. The summed E-state index contributed by atoms with van der Waals surface area (Å²) in [6, 6.07) is 5.24. The predicted molar refractivity (Wildman–Crippen MR) is 105 cm³/mol. The van der Waals surface area contributed by atoms with Crippen LogP contribution in [-0.2, 0) is 4.79 Å². The van der Waals surface area contributed by atoms with Crippen molar-refractivity contribution in [3.8, 4) is 5.69 Å². The molecular formula is C18H20ClN5O4. The normalized spacial score (nSPS) is 17.1. The van der Waals surface area contributed by atoms with E-state index in [0.717, 1.165) is 4.68 Å². The molecule has 3 rings (SSSR count). The summed E-state index contributed by atoms with van der Waals surface area (Å²) in [4.78, 5) is 36.8. The van der Waals surface area contributed by atoms with Gasteiger partial charge in [-0.3, -0.25) is 19.7 Å². The van der Waals surface area contributed by atoms with Crippen LogP contribution in [0, 0.1) is 10.1 Å². The minimum absolute atomic E-state index is 0.0355. The molecule has 2 heterocycles. The van der Waals surface area contributed by atoms with Gasteiger partial charge in [0.1, 0.15) is 5.02 Å². The number of hydrogen-bond donors (Lipinski definition) is 1. The van der Waals surface area contributed by atoms with Crippen molar-refractivity contribution in [2.75, 3.05) is 11.9 Å². The number of nitro benzene ring substituents is 1. The second-order valence-corrected chi connectivity index (χ2v) is 7.96. The van der Waals surface area contributed by atoms with Crippen LogP contribution in [0.5, 0.6) is 0 Å². The van der Waals surface area contributed by atoms with Gasteiger partial charge >= 0.3 is 0 Å². The van der Waals surface area contributed by atoms with E-state index in [1.165, 1.54) is 30.5 Å². The molecule has 9 nitrogen and oxygen atoms in total. The number of aromatic nitrogens is 2. The Morgan fingerprint density at radius 2 is 1.89 bits per heavy atom. The summed E-state index contributed by atoms with van der Waals surface area (Å²) in [5, 5.41) is 17.9. The first-order chi connectivity index (χ1) is 13.1. The van der Waals surface area contributed by atoms with Crippen LogP contribution in [-0.4, -0.2) is 43.6 Å². The van der Waals surface area contributed by atoms with Gasteiger partial charge in [0.15, 0.2) is 0 Å². The molecule has 1 atom stereocenters. The Balaban J connectivity index is 1.82. The Morgan fingerprint density at radius 3 is 2.43 bits per heavy atom.